The van der Waals surface area contributed by atoms with Gasteiger partial charge in [-0.1, -0.05) is 61.2 Å². The molecular formula is C15H14. The van der Waals surface area contributed by atoms with Crippen LogP contribution < -0.4 is 0 Å². The van der Waals surface area contributed by atoms with Gasteiger partial charge in [-0.25, -0.2) is 0 Å². The molecule has 0 unspecified atom stereocenters. The van der Waals surface area contributed by atoms with Crippen LogP contribution in [0.3, 0.4) is 0 Å². The molecule has 0 bridgehead atoms. The molecule has 0 radical (unpaired) electrons. The number of fused-ring (bicyclic) bond motifs is 1. The second-order valence-corrected chi connectivity index (χ2v) is 3.49. The molecule has 74 valence electrons. The van der Waals surface area contributed by atoms with Gasteiger partial charge in [0.1, 0.15) is 0 Å². The van der Waals surface area contributed by atoms with Gasteiger partial charge in [0, 0.05) is 0 Å². The Labute approximate surface area is 90.6 Å². The van der Waals surface area contributed by atoms with Crippen LogP contribution in [0.2, 0.25) is 0 Å². The molecule has 2 rings (SSSR count). The Morgan fingerprint density at radius 2 is 1.87 bits per heavy atom. The summed E-state index contributed by atoms with van der Waals surface area (Å²) in [6.07, 6.45) is 6.11. The van der Waals surface area contributed by atoms with E-state index in [1.165, 1.54) is 21.9 Å². The Bertz CT molecular complexity index is 519. The molecule has 0 aliphatic heterocycles. The highest BCUT2D eigenvalue weighted by molar-refractivity contribution is 5.93. The Morgan fingerprint density at radius 1 is 1.07 bits per heavy atom. The predicted octanol–water partition coefficient (Wildman–Crippen LogP) is 4.52. The van der Waals surface area contributed by atoms with E-state index in [9.17, 15) is 0 Å². The first-order valence-electron chi connectivity index (χ1n) is 5.13. The van der Waals surface area contributed by atoms with E-state index in [0.29, 0.717) is 0 Å². The lowest BCUT2D eigenvalue weighted by Gasteiger charge is -2.06. The van der Waals surface area contributed by atoms with Crippen LogP contribution in [0.25, 0.3) is 22.9 Å². The van der Waals surface area contributed by atoms with E-state index < -0.39 is 0 Å². The summed E-state index contributed by atoms with van der Waals surface area (Å²) < 4.78 is 0. The van der Waals surface area contributed by atoms with Crippen molar-refractivity contribution in [3.63, 3.8) is 0 Å². The zero-order valence-corrected chi connectivity index (χ0v) is 8.90. The van der Waals surface area contributed by atoms with Gasteiger partial charge in [0.15, 0.2) is 0 Å². The third kappa shape index (κ3) is 1.71. The van der Waals surface area contributed by atoms with E-state index in [4.69, 9.17) is 0 Å². The smallest absolute Gasteiger partial charge is 0.0106 e. The lowest BCUT2D eigenvalue weighted by molar-refractivity contribution is 1.65. The fourth-order valence-corrected chi connectivity index (χ4v) is 1.84. The van der Waals surface area contributed by atoms with Crippen molar-refractivity contribution in [2.24, 2.45) is 0 Å². The molecule has 0 amide bonds. The van der Waals surface area contributed by atoms with Crippen LogP contribution in [0.15, 0.2) is 49.1 Å². The normalized spacial score (nSPS) is 11.0. The fourth-order valence-electron chi connectivity index (χ4n) is 1.84. The van der Waals surface area contributed by atoms with Crippen LogP contribution in [0.1, 0.15) is 18.1 Å². The van der Waals surface area contributed by atoms with E-state index in [1.54, 1.807) is 0 Å². The van der Waals surface area contributed by atoms with Crippen LogP contribution in [0.4, 0.5) is 0 Å². The third-order valence-electron chi connectivity index (χ3n) is 2.56. The molecule has 0 nitrogen and oxygen atoms in total. The molecule has 0 saturated carbocycles. The van der Waals surface area contributed by atoms with Gasteiger partial charge in [-0.15, -0.1) is 0 Å². The molecule has 15 heavy (non-hydrogen) atoms. The van der Waals surface area contributed by atoms with Crippen molar-refractivity contribution in [1.29, 1.82) is 0 Å². The van der Waals surface area contributed by atoms with Crippen molar-refractivity contribution in [3.8, 4) is 0 Å². The molecule has 0 heteroatoms. The minimum absolute atomic E-state index is 1.19. The molecule has 2 aromatic rings. The van der Waals surface area contributed by atoms with Crippen LogP contribution in [0.5, 0.6) is 0 Å². The van der Waals surface area contributed by atoms with E-state index in [0.717, 1.165) is 0 Å². The molecule has 2 aromatic carbocycles. The molecule has 0 fully saturated rings. The molecule has 0 aliphatic carbocycles. The Hall–Kier alpha value is -1.82. The second kappa shape index (κ2) is 4.14. The van der Waals surface area contributed by atoms with Gasteiger partial charge in [-0.05, 0) is 28.8 Å². The highest BCUT2D eigenvalue weighted by Crippen LogP contribution is 2.24. The minimum Gasteiger partial charge on any atom is -0.0984 e. The average Bonchev–Trinajstić information content (AvgIpc) is 2.30. The Kier molecular flexibility index (Phi) is 2.68. The Balaban J connectivity index is 2.84. The van der Waals surface area contributed by atoms with Crippen LogP contribution in [0, 0.1) is 0 Å². The molecule has 0 N–H and O–H groups in total. The summed E-state index contributed by atoms with van der Waals surface area (Å²) in [5.74, 6) is 0. The summed E-state index contributed by atoms with van der Waals surface area (Å²) in [7, 11) is 0. The number of hydrogen-bond donors (Lipinski definition) is 0. The molecule has 0 aromatic heterocycles. The van der Waals surface area contributed by atoms with Crippen molar-refractivity contribution in [2.45, 2.75) is 6.92 Å². The lowest BCUT2D eigenvalue weighted by Crippen LogP contribution is -1.83. The number of hydrogen-bond acceptors (Lipinski definition) is 0. The summed E-state index contributed by atoms with van der Waals surface area (Å²) in [5, 5.41) is 2.56. The molecule has 0 aliphatic rings. The number of benzene rings is 2. The predicted molar refractivity (Wildman–Crippen MR) is 68.7 cm³/mol. The maximum atomic E-state index is 3.85. The van der Waals surface area contributed by atoms with E-state index in [2.05, 4.69) is 55.1 Å². The lowest BCUT2D eigenvalue weighted by atomic mass is 9.98. The first-order chi connectivity index (χ1) is 7.36. The summed E-state index contributed by atoms with van der Waals surface area (Å²) >= 11 is 0. The second-order valence-electron chi connectivity index (χ2n) is 3.49. The zero-order chi connectivity index (χ0) is 10.7. The maximum absolute atomic E-state index is 3.85. The average molecular weight is 194 g/mol. The van der Waals surface area contributed by atoms with E-state index >= 15 is 0 Å². The number of allylic oxidation sites excluding steroid dienone is 1. The first-order valence-corrected chi connectivity index (χ1v) is 5.13. The molecule has 0 spiro atoms. The fraction of sp³-hybridized carbons (Fsp3) is 0.0667. The Morgan fingerprint density at radius 3 is 2.60 bits per heavy atom. The molecular weight excluding hydrogens is 180 g/mol. The zero-order valence-electron chi connectivity index (χ0n) is 8.90. The van der Waals surface area contributed by atoms with Gasteiger partial charge in [0.05, 0.1) is 0 Å². The quantitative estimate of drug-likeness (QED) is 0.659. The first kappa shape index (κ1) is 9.72. The monoisotopic (exact) mass is 194 g/mol. The standard InChI is InChI=1S/C15H14/c1-3-7-14-12(4-2)10-11-13-8-5-6-9-15(13)14/h3-11H,2H2,1H3/b7-3-. The van der Waals surface area contributed by atoms with Gasteiger partial charge in [0.25, 0.3) is 0 Å². The highest BCUT2D eigenvalue weighted by atomic mass is 14.0. The van der Waals surface area contributed by atoms with Crippen molar-refractivity contribution >= 4 is 22.9 Å². The van der Waals surface area contributed by atoms with Crippen LogP contribution in [-0.2, 0) is 0 Å². The van der Waals surface area contributed by atoms with Crippen LogP contribution in [-0.4, -0.2) is 0 Å². The van der Waals surface area contributed by atoms with Gasteiger partial charge >= 0.3 is 0 Å². The summed E-state index contributed by atoms with van der Waals surface area (Å²) in [5.41, 5.74) is 2.44. The topological polar surface area (TPSA) is 0 Å². The van der Waals surface area contributed by atoms with E-state index in [-0.39, 0.29) is 0 Å². The van der Waals surface area contributed by atoms with Gasteiger partial charge in [-0.2, -0.15) is 0 Å². The molecule has 0 atom stereocenters. The van der Waals surface area contributed by atoms with Crippen molar-refractivity contribution in [1.82, 2.24) is 0 Å². The highest BCUT2D eigenvalue weighted by Gasteiger charge is 2.01. The van der Waals surface area contributed by atoms with Crippen molar-refractivity contribution in [3.05, 3.63) is 60.2 Å². The third-order valence-corrected chi connectivity index (χ3v) is 2.56. The largest absolute Gasteiger partial charge is 0.0984 e. The van der Waals surface area contributed by atoms with Gasteiger partial charge < -0.3 is 0 Å². The maximum Gasteiger partial charge on any atom is -0.0106 e. The van der Waals surface area contributed by atoms with Crippen molar-refractivity contribution < 1.29 is 0 Å². The number of rotatable bonds is 2. The van der Waals surface area contributed by atoms with Crippen LogP contribution >= 0.6 is 0 Å². The minimum atomic E-state index is 1.19. The van der Waals surface area contributed by atoms with E-state index in [1.807, 2.05) is 13.0 Å². The SMILES string of the molecule is C=Cc1ccc2ccccc2c1/C=C\C. The van der Waals surface area contributed by atoms with Gasteiger partial charge in [0.2, 0.25) is 0 Å². The van der Waals surface area contributed by atoms with Crippen molar-refractivity contribution in [2.75, 3.05) is 0 Å². The van der Waals surface area contributed by atoms with Gasteiger partial charge in [-0.3, -0.25) is 0 Å². The molecule has 0 saturated heterocycles. The molecule has 0 heterocycles. The summed E-state index contributed by atoms with van der Waals surface area (Å²) in [4.78, 5) is 0. The summed E-state index contributed by atoms with van der Waals surface area (Å²) in [6, 6.07) is 12.7. The summed E-state index contributed by atoms with van der Waals surface area (Å²) in [6.45, 7) is 5.88.